The van der Waals surface area contributed by atoms with Gasteiger partial charge >= 0.3 is 0 Å². The Hall–Kier alpha value is -2.74. The highest BCUT2D eigenvalue weighted by Gasteiger charge is 2.11. The lowest BCUT2D eigenvalue weighted by atomic mass is 10.2. The number of nitrogens with one attached hydrogen (secondary N) is 1. The fraction of sp³-hybridized carbons (Fsp3) is 0.176. The molecule has 128 valence electrons. The van der Waals surface area contributed by atoms with Crippen molar-refractivity contribution in [1.82, 2.24) is 25.5 Å². The van der Waals surface area contributed by atoms with Gasteiger partial charge in [0, 0.05) is 10.0 Å². The molecular formula is C17H16BrN5O2. The molecule has 0 fully saturated rings. The molecule has 1 aromatic heterocycles. The Morgan fingerprint density at radius 2 is 2.04 bits per heavy atom. The first kappa shape index (κ1) is 17.1. The lowest BCUT2D eigenvalue weighted by Crippen LogP contribution is -2.24. The molecule has 1 amide bonds. The number of rotatable bonds is 6. The van der Waals surface area contributed by atoms with Gasteiger partial charge in [-0.05, 0) is 59.8 Å². The van der Waals surface area contributed by atoms with Crippen molar-refractivity contribution >= 4 is 21.8 Å². The van der Waals surface area contributed by atoms with Crippen LogP contribution in [0.5, 0.6) is 5.75 Å². The highest BCUT2D eigenvalue weighted by Crippen LogP contribution is 2.15. The summed E-state index contributed by atoms with van der Waals surface area (Å²) in [6, 6.07) is 14.6. The van der Waals surface area contributed by atoms with E-state index >= 15 is 0 Å². The van der Waals surface area contributed by atoms with Crippen LogP contribution in [0.15, 0.2) is 53.0 Å². The molecule has 0 spiro atoms. The predicted molar refractivity (Wildman–Crippen MR) is 95.6 cm³/mol. The van der Waals surface area contributed by atoms with Gasteiger partial charge in [-0.2, -0.15) is 4.68 Å². The van der Waals surface area contributed by atoms with Gasteiger partial charge in [-0.15, -0.1) is 5.10 Å². The molecule has 3 aromatic rings. The van der Waals surface area contributed by atoms with Crippen LogP contribution in [0.1, 0.15) is 23.1 Å². The Labute approximate surface area is 153 Å². The van der Waals surface area contributed by atoms with Crippen molar-refractivity contribution in [3.8, 4) is 11.4 Å². The monoisotopic (exact) mass is 401 g/mol. The third-order valence-corrected chi connectivity index (χ3v) is 3.95. The van der Waals surface area contributed by atoms with Gasteiger partial charge < -0.3 is 10.1 Å². The second-order valence-corrected chi connectivity index (χ2v) is 6.04. The van der Waals surface area contributed by atoms with E-state index < -0.39 is 0 Å². The van der Waals surface area contributed by atoms with Gasteiger partial charge in [0.2, 0.25) is 0 Å². The summed E-state index contributed by atoms with van der Waals surface area (Å²) in [6.45, 7) is 2.66. The van der Waals surface area contributed by atoms with Crippen molar-refractivity contribution in [2.75, 3.05) is 6.61 Å². The van der Waals surface area contributed by atoms with Gasteiger partial charge in [-0.1, -0.05) is 22.0 Å². The number of amides is 1. The number of benzene rings is 2. The maximum atomic E-state index is 12.3. The largest absolute Gasteiger partial charge is 0.494 e. The molecule has 8 heteroatoms. The van der Waals surface area contributed by atoms with E-state index in [9.17, 15) is 4.79 Å². The highest BCUT2D eigenvalue weighted by atomic mass is 79.9. The molecule has 2 aromatic carbocycles. The number of hydrogen-bond donors (Lipinski definition) is 1. The molecule has 0 aliphatic carbocycles. The lowest BCUT2D eigenvalue weighted by molar-refractivity contribution is 0.0949. The molecule has 3 rings (SSSR count). The van der Waals surface area contributed by atoms with E-state index in [0.29, 0.717) is 23.7 Å². The number of carbonyl (C=O) groups excluding carboxylic acids is 1. The first-order chi connectivity index (χ1) is 12.2. The number of carbonyl (C=O) groups is 1. The zero-order chi connectivity index (χ0) is 17.6. The molecule has 0 radical (unpaired) electrons. The van der Waals surface area contributed by atoms with Crippen LogP contribution < -0.4 is 10.1 Å². The van der Waals surface area contributed by atoms with Crippen LogP contribution in [-0.2, 0) is 6.54 Å². The quantitative estimate of drug-likeness (QED) is 0.686. The highest BCUT2D eigenvalue weighted by molar-refractivity contribution is 9.10. The van der Waals surface area contributed by atoms with Crippen molar-refractivity contribution in [1.29, 1.82) is 0 Å². The van der Waals surface area contributed by atoms with Gasteiger partial charge in [0.1, 0.15) is 5.75 Å². The van der Waals surface area contributed by atoms with Crippen molar-refractivity contribution < 1.29 is 9.53 Å². The predicted octanol–water partition coefficient (Wildman–Crippen LogP) is 2.75. The van der Waals surface area contributed by atoms with Crippen LogP contribution in [0.3, 0.4) is 0 Å². The van der Waals surface area contributed by atoms with E-state index in [1.165, 1.54) is 0 Å². The normalized spacial score (nSPS) is 10.5. The van der Waals surface area contributed by atoms with Crippen LogP contribution in [0.4, 0.5) is 0 Å². The lowest BCUT2D eigenvalue weighted by Gasteiger charge is -2.08. The van der Waals surface area contributed by atoms with Crippen molar-refractivity contribution in [2.45, 2.75) is 13.5 Å². The fourth-order valence-corrected chi connectivity index (χ4v) is 2.52. The summed E-state index contributed by atoms with van der Waals surface area (Å²) in [5, 5.41) is 14.5. The molecule has 0 saturated heterocycles. The maximum absolute atomic E-state index is 12.3. The fourth-order valence-electron chi connectivity index (χ4n) is 2.25. The number of nitrogens with zero attached hydrogens (tertiary/aromatic N) is 4. The molecule has 0 saturated carbocycles. The molecule has 0 aliphatic heterocycles. The van der Waals surface area contributed by atoms with Gasteiger partial charge in [0.15, 0.2) is 5.82 Å². The number of halogens is 1. The summed E-state index contributed by atoms with van der Waals surface area (Å²) in [4.78, 5) is 12.3. The number of aromatic nitrogens is 4. The minimum absolute atomic E-state index is 0.209. The summed E-state index contributed by atoms with van der Waals surface area (Å²) in [7, 11) is 0. The average Bonchev–Trinajstić information content (AvgIpc) is 3.09. The SMILES string of the molecule is CCOc1cccc(C(=O)NCc2nnnn2-c2ccc(Br)cc2)c1. The summed E-state index contributed by atoms with van der Waals surface area (Å²) in [5.74, 6) is 0.985. The average molecular weight is 402 g/mol. The van der Waals surface area contributed by atoms with E-state index in [4.69, 9.17) is 4.74 Å². The Kier molecular flexibility index (Phi) is 5.39. The molecule has 0 bridgehead atoms. The Balaban J connectivity index is 1.70. The molecule has 1 N–H and O–H groups in total. The Morgan fingerprint density at radius 1 is 1.24 bits per heavy atom. The number of tetrazole rings is 1. The van der Waals surface area contributed by atoms with Gasteiger partial charge in [-0.25, -0.2) is 0 Å². The Bertz CT molecular complexity index is 863. The van der Waals surface area contributed by atoms with Crippen LogP contribution >= 0.6 is 15.9 Å². The molecule has 0 atom stereocenters. The number of hydrogen-bond acceptors (Lipinski definition) is 5. The van der Waals surface area contributed by atoms with E-state index in [1.54, 1.807) is 22.9 Å². The second-order valence-electron chi connectivity index (χ2n) is 5.13. The van der Waals surface area contributed by atoms with E-state index in [1.807, 2.05) is 37.3 Å². The van der Waals surface area contributed by atoms with Gasteiger partial charge in [0.25, 0.3) is 5.91 Å². The second kappa shape index (κ2) is 7.89. The minimum Gasteiger partial charge on any atom is -0.494 e. The topological polar surface area (TPSA) is 81.9 Å². The molecular weight excluding hydrogens is 386 g/mol. The van der Waals surface area contributed by atoms with Crippen LogP contribution in [0, 0.1) is 0 Å². The zero-order valence-corrected chi connectivity index (χ0v) is 15.1. The van der Waals surface area contributed by atoms with E-state index in [0.717, 1.165) is 10.2 Å². The molecule has 25 heavy (non-hydrogen) atoms. The van der Waals surface area contributed by atoms with Crippen molar-refractivity contribution in [3.63, 3.8) is 0 Å². The standard InChI is InChI=1S/C17H16BrN5O2/c1-2-25-15-5-3-4-12(10-15)17(24)19-11-16-20-21-22-23(16)14-8-6-13(18)7-9-14/h3-10H,2,11H2,1H3,(H,19,24). The van der Waals surface area contributed by atoms with Gasteiger partial charge in [-0.3, -0.25) is 4.79 Å². The minimum atomic E-state index is -0.216. The summed E-state index contributed by atoms with van der Waals surface area (Å²) in [6.07, 6.45) is 0. The summed E-state index contributed by atoms with van der Waals surface area (Å²) < 4.78 is 7.97. The van der Waals surface area contributed by atoms with Crippen LogP contribution in [0.2, 0.25) is 0 Å². The first-order valence-corrected chi connectivity index (χ1v) is 8.51. The van der Waals surface area contributed by atoms with E-state index in [-0.39, 0.29) is 12.5 Å². The maximum Gasteiger partial charge on any atom is 0.251 e. The third kappa shape index (κ3) is 4.21. The Morgan fingerprint density at radius 3 is 2.80 bits per heavy atom. The van der Waals surface area contributed by atoms with Gasteiger partial charge in [0.05, 0.1) is 18.8 Å². The zero-order valence-electron chi connectivity index (χ0n) is 13.5. The summed E-state index contributed by atoms with van der Waals surface area (Å²) >= 11 is 3.39. The summed E-state index contributed by atoms with van der Waals surface area (Å²) in [5.41, 5.74) is 1.34. The van der Waals surface area contributed by atoms with E-state index in [2.05, 4.69) is 36.8 Å². The number of ether oxygens (including phenoxy) is 1. The third-order valence-electron chi connectivity index (χ3n) is 3.42. The van der Waals surface area contributed by atoms with Crippen LogP contribution in [-0.4, -0.2) is 32.7 Å². The molecule has 0 aliphatic rings. The van der Waals surface area contributed by atoms with Crippen LogP contribution in [0.25, 0.3) is 5.69 Å². The first-order valence-electron chi connectivity index (χ1n) is 7.71. The molecule has 0 unspecified atom stereocenters. The molecule has 1 heterocycles. The van der Waals surface area contributed by atoms with Crippen molar-refractivity contribution in [2.24, 2.45) is 0 Å². The smallest absolute Gasteiger partial charge is 0.251 e. The molecule has 7 nitrogen and oxygen atoms in total. The van der Waals surface area contributed by atoms with Crippen molar-refractivity contribution in [3.05, 3.63) is 64.4 Å².